The first-order valence-electron chi connectivity index (χ1n) is 8.09. The Kier molecular flexibility index (Phi) is 5.57. The van der Waals surface area contributed by atoms with Gasteiger partial charge in [-0.05, 0) is 18.2 Å². The predicted molar refractivity (Wildman–Crippen MR) is 108 cm³/mol. The van der Waals surface area contributed by atoms with Crippen molar-refractivity contribution in [3.63, 3.8) is 0 Å². The van der Waals surface area contributed by atoms with Crippen LogP contribution in [0, 0.1) is 0 Å². The van der Waals surface area contributed by atoms with Crippen LogP contribution in [-0.2, 0) is 5.41 Å². The maximum absolute atomic E-state index is 12.0. The summed E-state index contributed by atoms with van der Waals surface area (Å²) >= 11 is 7.04. The van der Waals surface area contributed by atoms with Crippen LogP contribution in [0.5, 0.6) is 0 Å². The van der Waals surface area contributed by atoms with Crippen LogP contribution in [0.25, 0.3) is 12.2 Å². The Morgan fingerprint density at radius 1 is 1.11 bits per heavy atom. The van der Waals surface area contributed by atoms with Gasteiger partial charge in [-0.2, -0.15) is 0 Å². The number of thiazole rings is 1. The van der Waals surface area contributed by atoms with Crippen LogP contribution in [-0.4, -0.2) is 21.0 Å². The zero-order valence-corrected chi connectivity index (χ0v) is 16.6. The number of urea groups is 1. The van der Waals surface area contributed by atoms with Gasteiger partial charge in [-0.1, -0.05) is 43.7 Å². The molecule has 9 heteroatoms. The van der Waals surface area contributed by atoms with E-state index in [0.29, 0.717) is 21.9 Å². The molecule has 0 spiro atoms. The van der Waals surface area contributed by atoms with E-state index in [1.54, 1.807) is 30.6 Å². The lowest BCUT2D eigenvalue weighted by Crippen LogP contribution is -2.19. The van der Waals surface area contributed by atoms with Crippen LogP contribution in [0.1, 0.15) is 37.3 Å². The maximum atomic E-state index is 12.0. The summed E-state index contributed by atoms with van der Waals surface area (Å²) in [7, 11) is 0. The second-order valence-corrected chi connectivity index (χ2v) is 8.11. The minimum Gasteiger partial charge on any atom is -0.441 e. The van der Waals surface area contributed by atoms with Crippen molar-refractivity contribution in [1.29, 1.82) is 0 Å². The number of hydrogen-bond donors (Lipinski definition) is 2. The Morgan fingerprint density at radius 3 is 2.59 bits per heavy atom. The highest BCUT2D eigenvalue weighted by Gasteiger charge is 2.18. The molecule has 27 heavy (non-hydrogen) atoms. The lowest BCUT2D eigenvalue weighted by molar-refractivity contribution is 0.262. The van der Waals surface area contributed by atoms with Crippen molar-refractivity contribution >= 4 is 51.9 Å². The minimum atomic E-state index is -0.411. The van der Waals surface area contributed by atoms with Gasteiger partial charge >= 0.3 is 6.03 Å². The summed E-state index contributed by atoms with van der Waals surface area (Å²) in [6.45, 7) is 6.19. The lowest BCUT2D eigenvalue weighted by Gasteiger charge is -2.12. The normalized spacial score (nSPS) is 11.7. The fraction of sp³-hybridized carbons (Fsp3) is 0.222. The Bertz CT molecular complexity index is 957. The number of nitrogens with one attached hydrogen (secondary N) is 2. The van der Waals surface area contributed by atoms with Gasteiger partial charge in [0.1, 0.15) is 10.9 Å². The number of nitrogens with zero attached hydrogens (tertiary/aromatic N) is 3. The first kappa shape index (κ1) is 19.1. The fourth-order valence-electron chi connectivity index (χ4n) is 2.00. The number of carbonyl (C=O) groups excluding carboxylic acids is 1. The summed E-state index contributed by atoms with van der Waals surface area (Å²) in [5, 5.41) is 6.15. The molecule has 0 aromatic carbocycles. The number of anilines is 2. The van der Waals surface area contributed by atoms with E-state index in [9.17, 15) is 4.79 Å². The number of pyridine rings is 1. The van der Waals surface area contributed by atoms with Crippen LogP contribution in [0.2, 0.25) is 5.15 Å². The summed E-state index contributed by atoms with van der Waals surface area (Å²) in [5.74, 6) is 1.35. The highest BCUT2D eigenvalue weighted by Crippen LogP contribution is 2.24. The van der Waals surface area contributed by atoms with E-state index < -0.39 is 6.03 Å². The minimum absolute atomic E-state index is 0.0896. The van der Waals surface area contributed by atoms with Crippen LogP contribution in [0.3, 0.4) is 0 Å². The summed E-state index contributed by atoms with van der Waals surface area (Å²) in [6, 6.07) is 2.84. The number of aromatic nitrogens is 3. The largest absolute Gasteiger partial charge is 0.441 e. The van der Waals surface area contributed by atoms with Gasteiger partial charge in [-0.3, -0.25) is 5.32 Å². The number of amides is 2. The van der Waals surface area contributed by atoms with Crippen molar-refractivity contribution in [2.75, 3.05) is 10.6 Å². The molecule has 2 amide bonds. The van der Waals surface area contributed by atoms with Gasteiger partial charge in [-0.15, -0.1) is 0 Å². The predicted octanol–water partition coefficient (Wildman–Crippen LogP) is 5.29. The first-order chi connectivity index (χ1) is 12.8. The number of rotatable bonds is 4. The molecule has 0 aliphatic rings. The molecule has 0 unspecified atom stereocenters. The van der Waals surface area contributed by atoms with Gasteiger partial charge in [0.05, 0.1) is 18.1 Å². The van der Waals surface area contributed by atoms with Crippen LogP contribution < -0.4 is 10.6 Å². The quantitative estimate of drug-likeness (QED) is 0.577. The van der Waals surface area contributed by atoms with Crippen molar-refractivity contribution in [3.05, 3.63) is 52.4 Å². The van der Waals surface area contributed by atoms with Gasteiger partial charge in [-0.25, -0.2) is 19.7 Å². The van der Waals surface area contributed by atoms with Crippen molar-refractivity contribution < 1.29 is 9.21 Å². The van der Waals surface area contributed by atoms with Crippen LogP contribution in [0.15, 0.2) is 35.1 Å². The van der Waals surface area contributed by atoms with E-state index in [4.69, 9.17) is 16.0 Å². The molecule has 3 heterocycles. The third kappa shape index (κ3) is 5.38. The molecule has 0 radical (unpaired) electrons. The highest BCUT2D eigenvalue weighted by atomic mass is 35.5. The zero-order chi connectivity index (χ0) is 19.4. The zero-order valence-electron chi connectivity index (χ0n) is 15.0. The Labute approximate surface area is 165 Å². The molecular formula is C18H18ClN5O2S. The fourth-order valence-corrected chi connectivity index (χ4v) is 2.82. The second-order valence-electron chi connectivity index (χ2n) is 6.66. The number of oxazole rings is 1. The molecule has 2 N–H and O–H groups in total. The van der Waals surface area contributed by atoms with E-state index in [1.807, 2.05) is 6.08 Å². The third-order valence-corrected chi connectivity index (χ3v) is 4.48. The van der Waals surface area contributed by atoms with Gasteiger partial charge in [0.2, 0.25) is 5.89 Å². The molecule has 3 aromatic heterocycles. The molecule has 0 aliphatic heterocycles. The average Bonchev–Trinajstić information content (AvgIpc) is 3.24. The van der Waals surface area contributed by atoms with E-state index >= 15 is 0 Å². The molecular weight excluding hydrogens is 386 g/mol. The molecule has 0 aliphatic carbocycles. The third-order valence-electron chi connectivity index (χ3n) is 3.38. The molecule has 3 aromatic rings. The maximum Gasteiger partial charge on any atom is 0.325 e. The standard InChI is InChI=1S/C18H18ClN5O2S/c1-18(2,3)13-10-21-15(26-13)7-5-12-9-22-17(27-12)24-16(25)23-11-4-6-14(19)20-8-11/h4-10H,1-3H3,(H2,22,23,24,25). The Morgan fingerprint density at radius 2 is 1.93 bits per heavy atom. The summed E-state index contributed by atoms with van der Waals surface area (Å²) in [5.41, 5.74) is 0.445. The van der Waals surface area contributed by atoms with Gasteiger partial charge in [0.15, 0.2) is 5.13 Å². The topological polar surface area (TPSA) is 92.9 Å². The molecule has 0 saturated heterocycles. The summed E-state index contributed by atoms with van der Waals surface area (Å²) in [4.78, 5) is 25.2. The molecule has 7 nitrogen and oxygen atoms in total. The van der Waals surface area contributed by atoms with Crippen molar-refractivity contribution in [3.8, 4) is 0 Å². The Balaban J connectivity index is 1.58. The summed E-state index contributed by atoms with van der Waals surface area (Å²) in [6.07, 6.45) is 8.47. The summed E-state index contributed by atoms with van der Waals surface area (Å²) < 4.78 is 5.71. The molecule has 3 rings (SSSR count). The van der Waals surface area contributed by atoms with E-state index in [-0.39, 0.29) is 5.41 Å². The van der Waals surface area contributed by atoms with E-state index in [2.05, 4.69) is 46.4 Å². The SMILES string of the molecule is CC(C)(C)c1cnc(C=Cc2cnc(NC(=O)Nc3ccc(Cl)nc3)s2)o1. The molecule has 140 valence electrons. The molecule has 0 saturated carbocycles. The molecule has 0 fully saturated rings. The van der Waals surface area contributed by atoms with Gasteiger partial charge in [0, 0.05) is 22.6 Å². The van der Waals surface area contributed by atoms with Gasteiger partial charge < -0.3 is 9.73 Å². The van der Waals surface area contributed by atoms with Gasteiger partial charge in [0.25, 0.3) is 0 Å². The lowest BCUT2D eigenvalue weighted by atomic mass is 9.94. The smallest absolute Gasteiger partial charge is 0.325 e. The van der Waals surface area contributed by atoms with Crippen molar-refractivity contribution in [2.24, 2.45) is 0 Å². The molecule has 0 bridgehead atoms. The van der Waals surface area contributed by atoms with Crippen molar-refractivity contribution in [2.45, 2.75) is 26.2 Å². The average molecular weight is 404 g/mol. The first-order valence-corrected chi connectivity index (χ1v) is 9.29. The Hall–Kier alpha value is -2.71. The van der Waals surface area contributed by atoms with Crippen LogP contribution in [0.4, 0.5) is 15.6 Å². The van der Waals surface area contributed by atoms with E-state index in [1.165, 1.54) is 17.5 Å². The highest BCUT2D eigenvalue weighted by molar-refractivity contribution is 7.16. The molecule has 0 atom stereocenters. The van der Waals surface area contributed by atoms with E-state index in [0.717, 1.165) is 10.6 Å². The monoisotopic (exact) mass is 403 g/mol. The second kappa shape index (κ2) is 7.89. The van der Waals surface area contributed by atoms with Crippen molar-refractivity contribution in [1.82, 2.24) is 15.0 Å². The van der Waals surface area contributed by atoms with Crippen LogP contribution >= 0.6 is 22.9 Å². The number of halogens is 1. The number of carbonyl (C=O) groups is 1. The number of hydrogen-bond acceptors (Lipinski definition) is 6.